The predicted molar refractivity (Wildman–Crippen MR) is 79.0 cm³/mol. The molecule has 1 heterocycles. The molecule has 0 aliphatic carbocycles. The molecule has 1 saturated heterocycles. The van der Waals surface area contributed by atoms with E-state index >= 15 is 0 Å². The molecule has 134 valence electrons. The van der Waals surface area contributed by atoms with Gasteiger partial charge in [-0.25, -0.2) is 0 Å². The Labute approximate surface area is 138 Å². The Balaban J connectivity index is 2.94. The molecule has 1 aliphatic heterocycles. The van der Waals surface area contributed by atoms with Crippen LogP contribution in [0.25, 0.3) is 0 Å². The van der Waals surface area contributed by atoms with Crippen LogP contribution in [0.1, 0.15) is 19.8 Å². The number of carbonyl (C=O) groups is 5. The highest BCUT2D eigenvalue weighted by molar-refractivity contribution is 5.97. The molecule has 10 nitrogen and oxygen atoms in total. The van der Waals surface area contributed by atoms with Gasteiger partial charge in [0.05, 0.1) is 14.2 Å². The number of esters is 2. The van der Waals surface area contributed by atoms with Crippen LogP contribution in [0, 0.1) is 11.8 Å². The van der Waals surface area contributed by atoms with E-state index in [1.807, 2.05) is 0 Å². The molecule has 0 bridgehead atoms. The van der Waals surface area contributed by atoms with Gasteiger partial charge in [-0.05, 0) is 6.42 Å². The van der Waals surface area contributed by atoms with E-state index in [4.69, 9.17) is 5.73 Å². The number of amides is 3. The summed E-state index contributed by atoms with van der Waals surface area (Å²) in [7, 11) is 2.16. The fourth-order valence-corrected chi connectivity index (χ4v) is 2.50. The Morgan fingerprint density at radius 2 is 1.75 bits per heavy atom. The Morgan fingerprint density at radius 3 is 2.12 bits per heavy atom. The van der Waals surface area contributed by atoms with Gasteiger partial charge in [-0.2, -0.15) is 0 Å². The highest BCUT2D eigenvalue weighted by Gasteiger charge is 2.42. The van der Waals surface area contributed by atoms with E-state index in [-0.39, 0.29) is 18.7 Å². The van der Waals surface area contributed by atoms with Gasteiger partial charge in [0.1, 0.15) is 12.1 Å². The normalized spacial score (nSPS) is 19.2. The predicted octanol–water partition coefficient (Wildman–Crippen LogP) is -2.17. The molecule has 0 unspecified atom stereocenters. The van der Waals surface area contributed by atoms with Gasteiger partial charge in [-0.1, -0.05) is 6.92 Å². The minimum Gasteiger partial charge on any atom is -0.468 e. The summed E-state index contributed by atoms with van der Waals surface area (Å²) in [4.78, 5) is 58.7. The monoisotopic (exact) mass is 343 g/mol. The lowest BCUT2D eigenvalue weighted by Gasteiger charge is -2.27. The largest absolute Gasteiger partial charge is 0.468 e. The molecule has 10 heteroatoms. The van der Waals surface area contributed by atoms with Crippen LogP contribution in [0.5, 0.6) is 0 Å². The van der Waals surface area contributed by atoms with E-state index in [0.717, 1.165) is 14.2 Å². The van der Waals surface area contributed by atoms with E-state index < -0.39 is 47.7 Å². The SMILES string of the molecule is COC(=O)C(C(=O)OC)[C@H](C)[C@H](NC(=O)[C@@H]1CCC(=O)N1)C(N)=O. The molecule has 1 rings (SSSR count). The van der Waals surface area contributed by atoms with Crippen LogP contribution < -0.4 is 16.4 Å². The molecule has 0 saturated carbocycles. The second-order valence-electron chi connectivity index (χ2n) is 5.43. The van der Waals surface area contributed by atoms with Crippen LogP contribution in [-0.4, -0.2) is 56.0 Å². The quantitative estimate of drug-likeness (QED) is 0.351. The van der Waals surface area contributed by atoms with Crippen molar-refractivity contribution < 1.29 is 33.4 Å². The smallest absolute Gasteiger partial charge is 0.320 e. The van der Waals surface area contributed by atoms with E-state index in [1.165, 1.54) is 6.92 Å². The van der Waals surface area contributed by atoms with Crippen molar-refractivity contribution in [1.29, 1.82) is 0 Å². The van der Waals surface area contributed by atoms with Crippen LogP contribution in [0.15, 0.2) is 0 Å². The third kappa shape index (κ3) is 4.43. The lowest BCUT2D eigenvalue weighted by molar-refractivity contribution is -0.162. The molecule has 1 aliphatic rings. The van der Waals surface area contributed by atoms with Crippen molar-refractivity contribution in [1.82, 2.24) is 10.6 Å². The minimum atomic E-state index is -1.43. The maximum atomic E-state index is 12.1. The number of primary amides is 1. The van der Waals surface area contributed by atoms with Gasteiger partial charge in [0.2, 0.25) is 17.7 Å². The van der Waals surface area contributed by atoms with E-state index in [9.17, 15) is 24.0 Å². The summed E-state index contributed by atoms with van der Waals surface area (Å²) >= 11 is 0. The van der Waals surface area contributed by atoms with Crippen molar-refractivity contribution in [2.75, 3.05) is 14.2 Å². The number of nitrogens with one attached hydrogen (secondary N) is 2. The van der Waals surface area contributed by atoms with Crippen molar-refractivity contribution in [2.45, 2.75) is 31.8 Å². The second kappa shape index (κ2) is 8.27. The van der Waals surface area contributed by atoms with E-state index in [0.29, 0.717) is 0 Å². The highest BCUT2D eigenvalue weighted by atomic mass is 16.5. The van der Waals surface area contributed by atoms with Gasteiger partial charge in [0.25, 0.3) is 0 Å². The van der Waals surface area contributed by atoms with Crippen molar-refractivity contribution in [3.8, 4) is 0 Å². The van der Waals surface area contributed by atoms with Crippen molar-refractivity contribution in [3.63, 3.8) is 0 Å². The average Bonchev–Trinajstić information content (AvgIpc) is 2.98. The zero-order valence-electron chi connectivity index (χ0n) is 13.7. The van der Waals surface area contributed by atoms with Crippen LogP contribution in [-0.2, 0) is 33.4 Å². The van der Waals surface area contributed by atoms with E-state index in [2.05, 4.69) is 20.1 Å². The zero-order valence-corrected chi connectivity index (χ0v) is 13.7. The number of nitrogens with two attached hydrogens (primary N) is 1. The second-order valence-corrected chi connectivity index (χ2v) is 5.43. The molecule has 3 atom stereocenters. The topological polar surface area (TPSA) is 154 Å². The standard InChI is InChI=1S/C14H21N3O7/c1-6(9(13(21)23-2)14(22)24-3)10(11(15)19)17-12(20)7-4-5-8(18)16-7/h6-7,9-10H,4-5H2,1-3H3,(H2,15,19)(H,16,18)(H,17,20)/t6-,7-,10-/m0/s1. The van der Waals surface area contributed by atoms with Crippen molar-refractivity contribution in [3.05, 3.63) is 0 Å². The summed E-state index contributed by atoms with van der Waals surface area (Å²) in [6.07, 6.45) is 0.476. The molecule has 3 amide bonds. The third-order valence-corrected chi connectivity index (χ3v) is 3.88. The molecular weight excluding hydrogens is 322 g/mol. The lowest BCUT2D eigenvalue weighted by Crippen LogP contribution is -2.56. The zero-order chi connectivity index (χ0) is 18.4. The van der Waals surface area contributed by atoms with Crippen LogP contribution in [0.2, 0.25) is 0 Å². The Bertz CT molecular complexity index is 532. The summed E-state index contributed by atoms with van der Waals surface area (Å²) in [6.45, 7) is 1.39. The summed E-state index contributed by atoms with van der Waals surface area (Å²) in [6, 6.07) is -2.11. The number of methoxy groups -OCH3 is 2. The molecule has 0 aromatic carbocycles. The van der Waals surface area contributed by atoms with Gasteiger partial charge in [-0.3, -0.25) is 24.0 Å². The Kier molecular flexibility index (Phi) is 6.69. The molecular formula is C14H21N3O7. The molecule has 0 radical (unpaired) electrons. The number of hydrogen-bond acceptors (Lipinski definition) is 7. The minimum absolute atomic E-state index is 0.196. The fraction of sp³-hybridized carbons (Fsp3) is 0.643. The molecule has 0 aromatic rings. The summed E-state index contributed by atoms with van der Waals surface area (Å²) in [5, 5.41) is 4.82. The first kappa shape index (κ1) is 19.4. The highest BCUT2D eigenvalue weighted by Crippen LogP contribution is 2.20. The van der Waals surface area contributed by atoms with Gasteiger partial charge in [0, 0.05) is 12.3 Å². The number of rotatable bonds is 7. The van der Waals surface area contributed by atoms with Gasteiger partial charge in [0.15, 0.2) is 5.92 Å². The van der Waals surface area contributed by atoms with Crippen LogP contribution in [0.3, 0.4) is 0 Å². The first-order valence-corrected chi connectivity index (χ1v) is 7.27. The lowest BCUT2D eigenvalue weighted by atomic mass is 9.86. The van der Waals surface area contributed by atoms with Crippen LogP contribution >= 0.6 is 0 Å². The molecule has 0 aromatic heterocycles. The Morgan fingerprint density at radius 1 is 1.21 bits per heavy atom. The van der Waals surface area contributed by atoms with Crippen molar-refractivity contribution >= 4 is 29.7 Å². The van der Waals surface area contributed by atoms with Gasteiger partial charge < -0.3 is 25.8 Å². The average molecular weight is 343 g/mol. The summed E-state index contributed by atoms with van der Waals surface area (Å²) in [5.41, 5.74) is 5.29. The van der Waals surface area contributed by atoms with Gasteiger partial charge >= 0.3 is 11.9 Å². The first-order chi connectivity index (χ1) is 11.2. The van der Waals surface area contributed by atoms with E-state index in [1.54, 1.807) is 0 Å². The molecule has 24 heavy (non-hydrogen) atoms. The van der Waals surface area contributed by atoms with Crippen LogP contribution in [0.4, 0.5) is 0 Å². The van der Waals surface area contributed by atoms with Gasteiger partial charge in [-0.15, -0.1) is 0 Å². The number of ether oxygens (including phenoxy) is 2. The summed E-state index contributed by atoms with van der Waals surface area (Å²) < 4.78 is 9.09. The molecule has 1 fully saturated rings. The van der Waals surface area contributed by atoms with Crippen molar-refractivity contribution in [2.24, 2.45) is 17.6 Å². The first-order valence-electron chi connectivity index (χ1n) is 7.27. The molecule has 0 spiro atoms. The maximum Gasteiger partial charge on any atom is 0.320 e. The Hall–Kier alpha value is -2.65. The third-order valence-electron chi connectivity index (χ3n) is 3.88. The number of carbonyl (C=O) groups excluding carboxylic acids is 5. The fourth-order valence-electron chi connectivity index (χ4n) is 2.50. The number of hydrogen-bond donors (Lipinski definition) is 3. The maximum absolute atomic E-state index is 12.1. The summed E-state index contributed by atoms with van der Waals surface area (Å²) in [5.74, 6) is -6.10. The molecule has 4 N–H and O–H groups in total.